The van der Waals surface area contributed by atoms with Crippen molar-refractivity contribution in [1.29, 1.82) is 5.26 Å². The van der Waals surface area contributed by atoms with Crippen molar-refractivity contribution in [2.45, 2.75) is 38.1 Å². The normalized spacial score (nSPS) is 31.3. The van der Waals surface area contributed by atoms with E-state index in [0.29, 0.717) is 11.9 Å². The van der Waals surface area contributed by atoms with Crippen LogP contribution in [-0.2, 0) is 4.79 Å². The van der Waals surface area contributed by atoms with Gasteiger partial charge >= 0.3 is 0 Å². The van der Waals surface area contributed by atoms with Crippen LogP contribution in [0.25, 0.3) is 0 Å². The van der Waals surface area contributed by atoms with Crippen LogP contribution in [0.5, 0.6) is 0 Å². The standard InChI is InChI=1S/C21H27N5O/c1-16-7-9-21(10-8-16)18(15-22)19(27)23-20(24-21)26-13-11-25(12-14-26)17-5-3-2-4-6-17/h2-6,16,18H,7-14H2,1H3,(H,23,24,27). The number of rotatable bonds is 1. The second-order valence-electron chi connectivity index (χ2n) is 8.08. The molecule has 1 aliphatic carbocycles. The second kappa shape index (κ2) is 7.22. The van der Waals surface area contributed by atoms with Crippen LogP contribution in [-0.4, -0.2) is 48.5 Å². The zero-order chi connectivity index (χ0) is 18.9. The summed E-state index contributed by atoms with van der Waals surface area (Å²) >= 11 is 0. The lowest BCUT2D eigenvalue weighted by Gasteiger charge is -2.44. The summed E-state index contributed by atoms with van der Waals surface area (Å²) in [4.78, 5) is 22.2. The Morgan fingerprint density at radius 3 is 2.37 bits per heavy atom. The number of amides is 1. The fraction of sp³-hybridized carbons (Fsp3) is 0.571. The van der Waals surface area contributed by atoms with Crippen LogP contribution in [0, 0.1) is 23.2 Å². The first-order valence-electron chi connectivity index (χ1n) is 9.96. The van der Waals surface area contributed by atoms with Crippen LogP contribution in [0.4, 0.5) is 5.69 Å². The van der Waals surface area contributed by atoms with E-state index in [1.165, 1.54) is 5.69 Å². The number of nitrogens with one attached hydrogen (secondary N) is 1. The maximum absolute atomic E-state index is 12.7. The number of para-hydroxylation sites is 1. The van der Waals surface area contributed by atoms with E-state index >= 15 is 0 Å². The van der Waals surface area contributed by atoms with Crippen molar-refractivity contribution in [1.82, 2.24) is 10.2 Å². The van der Waals surface area contributed by atoms with Gasteiger partial charge in [-0.2, -0.15) is 5.26 Å². The smallest absolute Gasteiger partial charge is 0.246 e. The van der Waals surface area contributed by atoms with Gasteiger partial charge in [0.1, 0.15) is 0 Å². The number of carbonyl (C=O) groups is 1. The molecule has 0 bridgehead atoms. The molecule has 142 valence electrons. The number of nitriles is 1. The molecule has 0 radical (unpaired) electrons. The Bertz CT molecular complexity index is 753. The van der Waals surface area contributed by atoms with Gasteiger partial charge in [0.2, 0.25) is 11.9 Å². The van der Waals surface area contributed by atoms with Crippen LogP contribution in [0.15, 0.2) is 35.3 Å². The van der Waals surface area contributed by atoms with E-state index in [2.05, 4.69) is 52.4 Å². The quantitative estimate of drug-likeness (QED) is 0.829. The third-order valence-corrected chi connectivity index (χ3v) is 6.33. The average Bonchev–Trinajstić information content (AvgIpc) is 2.71. The molecular weight excluding hydrogens is 338 g/mol. The van der Waals surface area contributed by atoms with E-state index in [4.69, 9.17) is 4.99 Å². The first-order chi connectivity index (χ1) is 13.1. The van der Waals surface area contributed by atoms with Gasteiger partial charge in [0.05, 0.1) is 11.6 Å². The summed E-state index contributed by atoms with van der Waals surface area (Å²) in [7, 11) is 0. The van der Waals surface area contributed by atoms with Crippen LogP contribution >= 0.6 is 0 Å². The van der Waals surface area contributed by atoms with Gasteiger partial charge in [0, 0.05) is 31.9 Å². The molecule has 27 heavy (non-hydrogen) atoms. The Balaban J connectivity index is 1.51. The maximum Gasteiger partial charge on any atom is 0.246 e. The molecule has 1 N–H and O–H groups in total. The van der Waals surface area contributed by atoms with Gasteiger partial charge in [-0.25, -0.2) is 4.99 Å². The Kier molecular flexibility index (Phi) is 4.77. The van der Waals surface area contributed by atoms with Gasteiger partial charge in [-0.1, -0.05) is 25.1 Å². The molecule has 1 atom stereocenters. The van der Waals surface area contributed by atoms with Crippen molar-refractivity contribution in [3.8, 4) is 6.07 Å². The summed E-state index contributed by atoms with van der Waals surface area (Å²) in [5.41, 5.74) is 0.698. The monoisotopic (exact) mass is 365 g/mol. The van der Waals surface area contributed by atoms with Crippen LogP contribution in [0.2, 0.25) is 0 Å². The zero-order valence-electron chi connectivity index (χ0n) is 15.9. The maximum atomic E-state index is 12.7. The number of anilines is 1. The Morgan fingerprint density at radius 1 is 1.11 bits per heavy atom. The van der Waals surface area contributed by atoms with Gasteiger partial charge in [0.15, 0.2) is 5.92 Å². The number of aliphatic imine (C=N–C) groups is 1. The largest absolute Gasteiger partial charge is 0.368 e. The van der Waals surface area contributed by atoms with Gasteiger partial charge in [0.25, 0.3) is 0 Å². The minimum atomic E-state index is -0.667. The van der Waals surface area contributed by atoms with E-state index in [9.17, 15) is 10.1 Å². The minimum absolute atomic E-state index is 0.178. The van der Waals surface area contributed by atoms with Crippen molar-refractivity contribution in [2.24, 2.45) is 16.8 Å². The third kappa shape index (κ3) is 3.39. The van der Waals surface area contributed by atoms with E-state index in [0.717, 1.165) is 51.9 Å². The summed E-state index contributed by atoms with van der Waals surface area (Å²) in [6, 6.07) is 12.6. The van der Waals surface area contributed by atoms with E-state index in [1.54, 1.807) is 0 Å². The third-order valence-electron chi connectivity index (χ3n) is 6.33. The van der Waals surface area contributed by atoms with Crippen LogP contribution in [0.1, 0.15) is 32.6 Å². The highest BCUT2D eigenvalue weighted by molar-refractivity contribution is 6.02. The predicted octanol–water partition coefficient (Wildman–Crippen LogP) is 2.38. The minimum Gasteiger partial charge on any atom is -0.368 e. The molecule has 1 spiro atoms. The Morgan fingerprint density at radius 2 is 1.74 bits per heavy atom. The molecule has 3 aliphatic rings. The average molecular weight is 365 g/mol. The highest BCUT2D eigenvalue weighted by atomic mass is 16.2. The first-order valence-corrected chi connectivity index (χ1v) is 9.96. The second-order valence-corrected chi connectivity index (χ2v) is 8.08. The first kappa shape index (κ1) is 17.8. The van der Waals surface area contributed by atoms with Crippen molar-refractivity contribution in [3.05, 3.63) is 30.3 Å². The van der Waals surface area contributed by atoms with E-state index < -0.39 is 11.5 Å². The lowest BCUT2D eigenvalue weighted by atomic mass is 9.70. The number of benzene rings is 1. The van der Waals surface area contributed by atoms with Crippen molar-refractivity contribution in [3.63, 3.8) is 0 Å². The van der Waals surface area contributed by atoms with Crippen molar-refractivity contribution >= 4 is 17.6 Å². The molecule has 4 rings (SSSR count). The summed E-state index contributed by atoms with van der Waals surface area (Å²) in [5, 5.41) is 12.5. The lowest BCUT2D eigenvalue weighted by Crippen LogP contribution is -2.60. The molecule has 2 heterocycles. The van der Waals surface area contributed by atoms with E-state index in [1.807, 2.05) is 6.07 Å². The molecular formula is C21H27N5O. The molecule has 2 fully saturated rings. The molecule has 0 aromatic heterocycles. The molecule has 1 aromatic rings. The summed E-state index contributed by atoms with van der Waals surface area (Å²) in [5.74, 6) is 0.476. The molecule has 6 heteroatoms. The Hall–Kier alpha value is -2.55. The van der Waals surface area contributed by atoms with Crippen LogP contribution in [0.3, 0.4) is 0 Å². The van der Waals surface area contributed by atoms with Gasteiger partial charge in [-0.05, 0) is 43.7 Å². The van der Waals surface area contributed by atoms with E-state index in [-0.39, 0.29) is 5.91 Å². The molecule has 2 aliphatic heterocycles. The highest BCUT2D eigenvalue weighted by Crippen LogP contribution is 2.41. The Labute approximate surface area is 160 Å². The van der Waals surface area contributed by atoms with Crippen molar-refractivity contribution in [2.75, 3.05) is 31.1 Å². The lowest BCUT2D eigenvalue weighted by molar-refractivity contribution is -0.125. The predicted molar refractivity (Wildman–Crippen MR) is 105 cm³/mol. The number of hydrogen-bond donors (Lipinski definition) is 1. The summed E-state index contributed by atoms with van der Waals surface area (Å²) in [6.07, 6.45) is 3.72. The zero-order valence-corrected chi connectivity index (χ0v) is 15.9. The SMILES string of the molecule is CC1CCC2(CC1)N=C(N1CCN(c3ccccc3)CC1)NC(=O)C2C#N. The molecule has 1 unspecified atom stereocenters. The molecule has 6 nitrogen and oxygen atoms in total. The summed E-state index contributed by atoms with van der Waals surface area (Å²) < 4.78 is 0. The number of guanidine groups is 1. The molecule has 1 saturated carbocycles. The number of hydrogen-bond acceptors (Lipinski definition) is 5. The summed E-state index contributed by atoms with van der Waals surface area (Å²) in [6.45, 7) is 5.66. The topological polar surface area (TPSA) is 71.7 Å². The van der Waals surface area contributed by atoms with Gasteiger partial charge < -0.3 is 9.80 Å². The molecule has 1 saturated heterocycles. The number of carbonyl (C=O) groups excluding carboxylic acids is 1. The van der Waals surface area contributed by atoms with Crippen LogP contribution < -0.4 is 10.2 Å². The highest BCUT2D eigenvalue weighted by Gasteiger charge is 2.49. The number of nitrogens with zero attached hydrogens (tertiary/aromatic N) is 4. The molecule has 1 amide bonds. The van der Waals surface area contributed by atoms with Gasteiger partial charge in [-0.15, -0.1) is 0 Å². The fourth-order valence-corrected chi connectivity index (χ4v) is 4.54. The fourth-order valence-electron chi connectivity index (χ4n) is 4.54. The molecule has 1 aromatic carbocycles. The van der Waals surface area contributed by atoms with Crippen molar-refractivity contribution < 1.29 is 4.79 Å². The van der Waals surface area contributed by atoms with Gasteiger partial charge in [-0.3, -0.25) is 10.1 Å². The number of piperazine rings is 1.